The number of nitrogens with zero attached hydrogens (tertiary/aromatic N) is 2. The van der Waals surface area contributed by atoms with Crippen molar-refractivity contribution in [3.05, 3.63) is 16.5 Å². The molecule has 0 saturated heterocycles. The highest BCUT2D eigenvalue weighted by atomic mass is 35.5. The van der Waals surface area contributed by atoms with Crippen LogP contribution in [0.4, 0.5) is 5.82 Å². The smallest absolute Gasteiger partial charge is 0.226 e. The first-order valence-electron chi connectivity index (χ1n) is 5.73. The molecule has 1 aromatic heterocycles. The van der Waals surface area contributed by atoms with Gasteiger partial charge in [0.15, 0.2) is 0 Å². The van der Waals surface area contributed by atoms with Gasteiger partial charge in [-0.15, -0.1) is 0 Å². The molecule has 1 heterocycles. The minimum Gasteiger partial charge on any atom is -0.330 e. The van der Waals surface area contributed by atoms with Crippen LogP contribution in [-0.2, 0) is 4.79 Å². The van der Waals surface area contributed by atoms with Gasteiger partial charge in [0.1, 0.15) is 11.0 Å². The summed E-state index contributed by atoms with van der Waals surface area (Å²) >= 11 is 11.4. The maximum absolute atomic E-state index is 11.9. The van der Waals surface area contributed by atoms with E-state index in [4.69, 9.17) is 28.9 Å². The summed E-state index contributed by atoms with van der Waals surface area (Å²) < 4.78 is 0. The molecular formula is C11H14Cl2N4O. The number of hydrogen-bond acceptors (Lipinski definition) is 4. The molecule has 0 bridgehead atoms. The van der Waals surface area contributed by atoms with Gasteiger partial charge in [-0.25, -0.2) is 9.97 Å². The first-order chi connectivity index (χ1) is 8.53. The van der Waals surface area contributed by atoms with Crippen molar-refractivity contribution >= 4 is 34.9 Å². The van der Waals surface area contributed by atoms with Gasteiger partial charge in [0.25, 0.3) is 0 Å². The van der Waals surface area contributed by atoms with Crippen LogP contribution in [0.15, 0.2) is 6.07 Å². The van der Waals surface area contributed by atoms with E-state index in [1.807, 2.05) is 0 Å². The standard InChI is InChI=1S/C11H14Cl2N4O/c12-7-4-8(17-10(13)15-7)16-9(18)5-11(6-14)2-1-3-11/h4H,1-3,5-6,14H2,(H,15,16,17,18). The summed E-state index contributed by atoms with van der Waals surface area (Å²) in [6.07, 6.45) is 3.54. The number of nitrogens with two attached hydrogens (primary N) is 1. The SMILES string of the molecule is NCC1(CC(=O)Nc2cc(Cl)nc(Cl)n2)CCC1. The Balaban J connectivity index is 1.98. The molecule has 0 unspecified atom stereocenters. The predicted octanol–water partition coefficient (Wildman–Crippen LogP) is 2.24. The van der Waals surface area contributed by atoms with Gasteiger partial charge in [-0.1, -0.05) is 18.0 Å². The molecule has 98 valence electrons. The zero-order valence-corrected chi connectivity index (χ0v) is 11.3. The number of rotatable bonds is 4. The molecule has 1 aliphatic rings. The molecule has 18 heavy (non-hydrogen) atoms. The molecule has 1 fully saturated rings. The van der Waals surface area contributed by atoms with E-state index in [2.05, 4.69) is 15.3 Å². The number of amides is 1. The second kappa shape index (κ2) is 5.38. The van der Waals surface area contributed by atoms with E-state index >= 15 is 0 Å². The highest BCUT2D eigenvalue weighted by molar-refractivity contribution is 6.32. The molecule has 5 nitrogen and oxygen atoms in total. The van der Waals surface area contributed by atoms with Crippen molar-refractivity contribution in [2.75, 3.05) is 11.9 Å². The Morgan fingerprint density at radius 2 is 2.17 bits per heavy atom. The lowest BCUT2D eigenvalue weighted by molar-refractivity contribution is -0.119. The van der Waals surface area contributed by atoms with Gasteiger partial charge < -0.3 is 11.1 Å². The summed E-state index contributed by atoms with van der Waals surface area (Å²) in [5, 5.41) is 2.87. The average molecular weight is 289 g/mol. The summed E-state index contributed by atoms with van der Waals surface area (Å²) in [6.45, 7) is 0.533. The van der Waals surface area contributed by atoms with Gasteiger partial charge in [0, 0.05) is 12.5 Å². The van der Waals surface area contributed by atoms with Crippen LogP contribution in [0.2, 0.25) is 10.4 Å². The molecule has 3 N–H and O–H groups in total. The van der Waals surface area contributed by atoms with Gasteiger partial charge in [0.05, 0.1) is 0 Å². The highest BCUT2D eigenvalue weighted by Gasteiger charge is 2.37. The van der Waals surface area contributed by atoms with E-state index in [9.17, 15) is 4.79 Å². The van der Waals surface area contributed by atoms with Crippen molar-refractivity contribution in [2.45, 2.75) is 25.7 Å². The third-order valence-corrected chi connectivity index (χ3v) is 3.68. The minimum atomic E-state index is -0.119. The second-order valence-corrected chi connectivity index (χ2v) is 5.35. The average Bonchev–Trinajstić information content (AvgIpc) is 2.21. The Morgan fingerprint density at radius 3 is 2.67 bits per heavy atom. The third kappa shape index (κ3) is 3.10. The van der Waals surface area contributed by atoms with Crippen molar-refractivity contribution in [1.82, 2.24) is 9.97 Å². The lowest BCUT2D eigenvalue weighted by Gasteiger charge is -2.40. The Hall–Kier alpha value is -0.910. The number of carbonyl (C=O) groups is 1. The van der Waals surface area contributed by atoms with Gasteiger partial charge in [-0.3, -0.25) is 4.79 Å². The molecule has 2 rings (SSSR count). The van der Waals surface area contributed by atoms with Crippen molar-refractivity contribution in [3.63, 3.8) is 0 Å². The summed E-state index contributed by atoms with van der Waals surface area (Å²) in [6, 6.07) is 1.46. The number of halogens is 2. The fraction of sp³-hybridized carbons (Fsp3) is 0.545. The van der Waals surface area contributed by atoms with Crippen LogP contribution in [0.1, 0.15) is 25.7 Å². The molecule has 0 radical (unpaired) electrons. The Kier molecular flexibility index (Phi) is 4.04. The van der Waals surface area contributed by atoms with Gasteiger partial charge in [0.2, 0.25) is 11.2 Å². The van der Waals surface area contributed by atoms with E-state index in [0.29, 0.717) is 18.8 Å². The summed E-state index contributed by atoms with van der Waals surface area (Å²) in [7, 11) is 0. The van der Waals surface area contributed by atoms with Crippen molar-refractivity contribution in [2.24, 2.45) is 11.1 Å². The molecular weight excluding hydrogens is 275 g/mol. The molecule has 0 spiro atoms. The Morgan fingerprint density at radius 1 is 1.44 bits per heavy atom. The van der Waals surface area contributed by atoms with Crippen LogP contribution in [-0.4, -0.2) is 22.4 Å². The zero-order valence-electron chi connectivity index (χ0n) is 9.75. The first kappa shape index (κ1) is 13.5. The summed E-state index contributed by atoms with van der Waals surface area (Å²) in [4.78, 5) is 19.5. The van der Waals surface area contributed by atoms with Crippen LogP contribution >= 0.6 is 23.2 Å². The van der Waals surface area contributed by atoms with E-state index in [1.54, 1.807) is 0 Å². The van der Waals surface area contributed by atoms with Crippen molar-refractivity contribution in [1.29, 1.82) is 0 Å². The minimum absolute atomic E-state index is 0.00924. The van der Waals surface area contributed by atoms with Crippen LogP contribution in [0.5, 0.6) is 0 Å². The molecule has 0 aliphatic heterocycles. The molecule has 1 aliphatic carbocycles. The van der Waals surface area contributed by atoms with E-state index in [1.165, 1.54) is 6.07 Å². The van der Waals surface area contributed by atoms with Crippen LogP contribution in [0, 0.1) is 5.41 Å². The summed E-state index contributed by atoms with van der Waals surface area (Å²) in [5.74, 6) is 0.197. The fourth-order valence-electron chi connectivity index (χ4n) is 2.11. The monoisotopic (exact) mass is 288 g/mol. The molecule has 1 aromatic rings. The van der Waals surface area contributed by atoms with Gasteiger partial charge >= 0.3 is 0 Å². The van der Waals surface area contributed by atoms with Gasteiger partial charge in [-0.2, -0.15) is 0 Å². The number of carbonyl (C=O) groups excluding carboxylic acids is 1. The van der Waals surface area contributed by atoms with E-state index in [0.717, 1.165) is 19.3 Å². The normalized spacial score (nSPS) is 17.1. The topological polar surface area (TPSA) is 80.9 Å². The van der Waals surface area contributed by atoms with Crippen molar-refractivity contribution < 1.29 is 4.79 Å². The summed E-state index contributed by atoms with van der Waals surface area (Å²) in [5.41, 5.74) is 5.67. The lowest BCUT2D eigenvalue weighted by atomic mass is 9.66. The Labute approximate surface area is 115 Å². The van der Waals surface area contributed by atoms with Crippen LogP contribution < -0.4 is 11.1 Å². The highest BCUT2D eigenvalue weighted by Crippen LogP contribution is 2.43. The van der Waals surface area contributed by atoms with E-state index in [-0.39, 0.29) is 21.8 Å². The quantitative estimate of drug-likeness (QED) is 0.658. The molecule has 7 heteroatoms. The maximum Gasteiger partial charge on any atom is 0.226 e. The first-order valence-corrected chi connectivity index (χ1v) is 6.49. The lowest BCUT2D eigenvalue weighted by Crippen LogP contribution is -2.40. The molecule has 0 atom stereocenters. The zero-order chi connectivity index (χ0) is 13.2. The van der Waals surface area contributed by atoms with Crippen LogP contribution in [0.3, 0.4) is 0 Å². The largest absolute Gasteiger partial charge is 0.330 e. The number of anilines is 1. The molecule has 1 amide bonds. The van der Waals surface area contributed by atoms with Gasteiger partial charge in [-0.05, 0) is 36.4 Å². The number of nitrogens with one attached hydrogen (secondary N) is 1. The second-order valence-electron chi connectivity index (χ2n) is 4.63. The maximum atomic E-state index is 11.9. The third-order valence-electron chi connectivity index (χ3n) is 3.32. The Bertz CT molecular complexity index is 437. The van der Waals surface area contributed by atoms with E-state index < -0.39 is 0 Å². The fourth-order valence-corrected chi connectivity index (χ4v) is 2.52. The molecule has 0 aromatic carbocycles. The number of aromatic nitrogens is 2. The van der Waals surface area contributed by atoms with Crippen molar-refractivity contribution in [3.8, 4) is 0 Å². The van der Waals surface area contributed by atoms with Crippen LogP contribution in [0.25, 0.3) is 0 Å². The molecule has 1 saturated carbocycles. The number of hydrogen-bond donors (Lipinski definition) is 2. The predicted molar refractivity (Wildman–Crippen MR) is 70.6 cm³/mol.